The third-order valence-corrected chi connectivity index (χ3v) is 6.08. The van der Waals surface area contributed by atoms with Crippen molar-refractivity contribution < 1.29 is 14.3 Å². The lowest BCUT2D eigenvalue weighted by molar-refractivity contribution is -0.150. The topological polar surface area (TPSA) is 82.2 Å². The molecule has 1 amide bonds. The van der Waals surface area contributed by atoms with Crippen molar-refractivity contribution in [2.75, 3.05) is 13.1 Å². The first-order valence-corrected chi connectivity index (χ1v) is 10.0. The van der Waals surface area contributed by atoms with Crippen LogP contribution in [0.25, 0.3) is 0 Å². The van der Waals surface area contributed by atoms with Crippen molar-refractivity contribution in [2.24, 2.45) is 5.41 Å². The fourth-order valence-electron chi connectivity index (χ4n) is 4.38. The van der Waals surface area contributed by atoms with Crippen LogP contribution in [0.15, 0.2) is 24.9 Å². The second-order valence-electron chi connectivity index (χ2n) is 7.93. The van der Waals surface area contributed by atoms with Gasteiger partial charge in [-0.05, 0) is 26.2 Å². The number of carbonyl (C=O) groups excluding carboxylic acids is 2. The van der Waals surface area contributed by atoms with Crippen LogP contribution in [-0.2, 0) is 22.6 Å². The number of ether oxygens (including phenoxy) is 1. The van der Waals surface area contributed by atoms with Gasteiger partial charge in [-0.15, -0.1) is 0 Å². The highest BCUT2D eigenvalue weighted by atomic mass is 16.6. The zero-order valence-electron chi connectivity index (χ0n) is 16.5. The summed E-state index contributed by atoms with van der Waals surface area (Å²) in [6.07, 6.45) is 9.87. The van der Waals surface area contributed by atoms with E-state index in [1.165, 1.54) is 0 Å². The fraction of sp³-hybridized carbons (Fsp3) is 0.600. The highest BCUT2D eigenvalue weighted by Crippen LogP contribution is 2.43. The predicted molar refractivity (Wildman–Crippen MR) is 102 cm³/mol. The summed E-state index contributed by atoms with van der Waals surface area (Å²) in [6.45, 7) is 6.62. The Kier molecular flexibility index (Phi) is 4.95. The van der Waals surface area contributed by atoms with Gasteiger partial charge in [0.25, 0.3) is 5.91 Å². The molecule has 8 heteroatoms. The number of piperidine rings is 1. The monoisotopic (exact) mass is 385 g/mol. The van der Waals surface area contributed by atoms with Crippen LogP contribution < -0.4 is 0 Å². The molecule has 0 N–H and O–H groups in total. The standard InChI is InChI=1S/C20H27N5O3/c1-3-7-25-15(2)17(12-22-25)18(26)24-8-4-20(5-9-24)11-16(28-19(20)27)13-23-10-6-21-14-23/h6,10,12,14,16H,3-5,7-9,11,13H2,1-2H3. The molecule has 2 saturated heterocycles. The molecule has 2 aromatic heterocycles. The lowest BCUT2D eigenvalue weighted by Crippen LogP contribution is -2.45. The van der Waals surface area contributed by atoms with Crippen LogP contribution in [0, 0.1) is 12.3 Å². The number of cyclic esters (lactones) is 1. The van der Waals surface area contributed by atoms with Crippen molar-refractivity contribution in [2.45, 2.75) is 58.7 Å². The SMILES string of the molecule is CCCn1ncc(C(=O)N2CCC3(CC2)CC(Cn2ccnc2)OC3=O)c1C. The third-order valence-electron chi connectivity index (χ3n) is 6.08. The number of carbonyl (C=O) groups is 2. The predicted octanol–water partition coefficient (Wildman–Crippen LogP) is 2.04. The second-order valence-corrected chi connectivity index (χ2v) is 7.93. The number of likely N-dealkylation sites (tertiary alicyclic amines) is 1. The molecule has 4 heterocycles. The Balaban J connectivity index is 1.39. The highest BCUT2D eigenvalue weighted by Gasteiger charge is 2.50. The number of rotatable bonds is 5. The van der Waals surface area contributed by atoms with Gasteiger partial charge in [0.15, 0.2) is 0 Å². The second kappa shape index (κ2) is 7.41. The molecular weight excluding hydrogens is 358 g/mol. The summed E-state index contributed by atoms with van der Waals surface area (Å²) in [7, 11) is 0. The summed E-state index contributed by atoms with van der Waals surface area (Å²) in [5.41, 5.74) is 1.12. The van der Waals surface area contributed by atoms with Gasteiger partial charge in [0.2, 0.25) is 0 Å². The first-order valence-electron chi connectivity index (χ1n) is 10.0. The minimum absolute atomic E-state index is 0.0102. The number of nitrogens with zero attached hydrogens (tertiary/aromatic N) is 5. The van der Waals surface area contributed by atoms with Gasteiger partial charge >= 0.3 is 5.97 Å². The van der Waals surface area contributed by atoms with E-state index >= 15 is 0 Å². The van der Waals surface area contributed by atoms with Gasteiger partial charge in [-0.2, -0.15) is 5.10 Å². The molecule has 0 bridgehead atoms. The molecule has 0 aromatic carbocycles. The molecule has 0 aliphatic carbocycles. The van der Waals surface area contributed by atoms with Crippen LogP contribution in [0.3, 0.4) is 0 Å². The normalized spacial score (nSPS) is 21.3. The lowest BCUT2D eigenvalue weighted by Gasteiger charge is -2.36. The summed E-state index contributed by atoms with van der Waals surface area (Å²) in [6, 6.07) is 0. The average molecular weight is 385 g/mol. The van der Waals surface area contributed by atoms with Gasteiger partial charge in [-0.1, -0.05) is 6.92 Å². The summed E-state index contributed by atoms with van der Waals surface area (Å²) < 4.78 is 9.47. The fourth-order valence-corrected chi connectivity index (χ4v) is 4.38. The number of hydrogen-bond acceptors (Lipinski definition) is 5. The number of hydrogen-bond donors (Lipinski definition) is 0. The summed E-state index contributed by atoms with van der Waals surface area (Å²) in [5, 5.41) is 4.34. The largest absolute Gasteiger partial charge is 0.460 e. The Labute approximate surface area is 164 Å². The Morgan fingerprint density at radius 1 is 1.36 bits per heavy atom. The van der Waals surface area contributed by atoms with E-state index in [0.717, 1.165) is 18.7 Å². The Hall–Kier alpha value is -2.64. The van der Waals surface area contributed by atoms with Gasteiger partial charge in [-0.3, -0.25) is 14.3 Å². The zero-order chi connectivity index (χ0) is 19.7. The summed E-state index contributed by atoms with van der Waals surface area (Å²) >= 11 is 0. The number of amides is 1. The number of imidazole rings is 1. The Morgan fingerprint density at radius 3 is 2.82 bits per heavy atom. The number of aromatic nitrogens is 4. The molecule has 2 aliphatic heterocycles. The van der Waals surface area contributed by atoms with Crippen LogP contribution in [0.4, 0.5) is 0 Å². The molecule has 2 aliphatic rings. The Morgan fingerprint density at radius 2 is 2.14 bits per heavy atom. The minimum atomic E-state index is -0.455. The molecule has 0 saturated carbocycles. The highest BCUT2D eigenvalue weighted by molar-refractivity contribution is 5.95. The van der Waals surface area contributed by atoms with E-state index in [-0.39, 0.29) is 18.0 Å². The molecule has 0 radical (unpaired) electrons. The van der Waals surface area contributed by atoms with E-state index in [4.69, 9.17) is 4.74 Å². The van der Waals surface area contributed by atoms with Crippen LogP contribution in [0.2, 0.25) is 0 Å². The molecule has 150 valence electrons. The molecular formula is C20H27N5O3. The smallest absolute Gasteiger partial charge is 0.312 e. The first-order chi connectivity index (χ1) is 13.5. The molecule has 2 fully saturated rings. The van der Waals surface area contributed by atoms with E-state index in [2.05, 4.69) is 17.0 Å². The van der Waals surface area contributed by atoms with Crippen LogP contribution in [0.5, 0.6) is 0 Å². The molecule has 28 heavy (non-hydrogen) atoms. The van der Waals surface area contributed by atoms with E-state index in [1.54, 1.807) is 18.7 Å². The molecule has 2 aromatic rings. The molecule has 1 spiro atoms. The summed E-state index contributed by atoms with van der Waals surface area (Å²) in [5.74, 6) is -0.104. The van der Waals surface area contributed by atoms with Gasteiger partial charge in [-0.25, -0.2) is 4.98 Å². The maximum Gasteiger partial charge on any atom is 0.312 e. The molecule has 1 unspecified atom stereocenters. The van der Waals surface area contributed by atoms with Crippen molar-refractivity contribution in [3.8, 4) is 0 Å². The molecule has 1 atom stereocenters. The van der Waals surface area contributed by atoms with Crippen molar-refractivity contribution >= 4 is 11.9 Å². The van der Waals surface area contributed by atoms with E-state index in [9.17, 15) is 9.59 Å². The minimum Gasteiger partial charge on any atom is -0.460 e. The molecule has 4 rings (SSSR count). The van der Waals surface area contributed by atoms with Crippen molar-refractivity contribution in [1.29, 1.82) is 0 Å². The Bertz CT molecular complexity index is 849. The van der Waals surface area contributed by atoms with Gasteiger partial charge < -0.3 is 14.2 Å². The summed E-state index contributed by atoms with van der Waals surface area (Å²) in [4.78, 5) is 31.4. The van der Waals surface area contributed by atoms with Crippen LogP contribution in [0.1, 0.15) is 48.7 Å². The van der Waals surface area contributed by atoms with Crippen molar-refractivity contribution in [1.82, 2.24) is 24.2 Å². The maximum atomic E-state index is 12.9. The number of esters is 1. The van der Waals surface area contributed by atoms with Gasteiger partial charge in [0.05, 0.1) is 30.0 Å². The first kappa shape index (κ1) is 18.7. The van der Waals surface area contributed by atoms with Crippen LogP contribution >= 0.6 is 0 Å². The van der Waals surface area contributed by atoms with Crippen LogP contribution in [-0.4, -0.2) is 55.3 Å². The van der Waals surface area contributed by atoms with E-state index in [1.807, 2.05) is 27.3 Å². The quantitative estimate of drug-likeness (QED) is 0.736. The lowest BCUT2D eigenvalue weighted by atomic mass is 9.76. The van der Waals surface area contributed by atoms with Crippen molar-refractivity contribution in [3.05, 3.63) is 36.2 Å². The average Bonchev–Trinajstić information content (AvgIpc) is 3.38. The maximum absolute atomic E-state index is 12.9. The zero-order valence-corrected chi connectivity index (χ0v) is 16.5. The van der Waals surface area contributed by atoms with Gasteiger partial charge in [0.1, 0.15) is 6.10 Å². The number of aryl methyl sites for hydroxylation is 1. The molecule has 8 nitrogen and oxygen atoms in total. The van der Waals surface area contributed by atoms with Gasteiger partial charge in [0, 0.05) is 44.1 Å². The third kappa shape index (κ3) is 3.31. The van der Waals surface area contributed by atoms with E-state index < -0.39 is 5.41 Å². The van der Waals surface area contributed by atoms with E-state index in [0.29, 0.717) is 44.5 Å². The van der Waals surface area contributed by atoms with Crippen molar-refractivity contribution in [3.63, 3.8) is 0 Å².